The molecule has 250 valence electrons. The summed E-state index contributed by atoms with van der Waals surface area (Å²) in [6.07, 6.45) is -2.20. The number of hydrogen-bond donors (Lipinski definition) is 2. The maximum Gasteiger partial charge on any atom is 0.416 e. The van der Waals surface area contributed by atoms with Crippen molar-refractivity contribution in [2.45, 2.75) is 6.18 Å². The van der Waals surface area contributed by atoms with E-state index in [1.165, 1.54) is 12.1 Å². The smallest absolute Gasteiger partial charge is 0.399 e. The molecule has 7 aromatic rings. The van der Waals surface area contributed by atoms with E-state index in [-0.39, 0.29) is 0 Å². The van der Waals surface area contributed by atoms with Gasteiger partial charge in [-0.25, -0.2) is 0 Å². The lowest BCUT2D eigenvalue weighted by Crippen LogP contribution is -2.10. The summed E-state index contributed by atoms with van der Waals surface area (Å²) in [4.78, 5) is 2.16. The Bertz CT molecular complexity index is 2200. The second-order valence-corrected chi connectivity index (χ2v) is 12.3. The third-order valence-electron chi connectivity index (χ3n) is 8.81. The number of nitrogens with two attached hydrogens (primary N) is 2. The van der Waals surface area contributed by atoms with E-state index in [4.69, 9.17) is 11.5 Å². The van der Waals surface area contributed by atoms with Crippen molar-refractivity contribution in [3.05, 3.63) is 198 Å². The maximum absolute atomic E-state index is 13.1. The van der Waals surface area contributed by atoms with Gasteiger partial charge in [0.05, 0.1) is 5.56 Å². The molecule has 0 spiro atoms. The van der Waals surface area contributed by atoms with E-state index < -0.39 is 11.7 Å². The molecule has 7 rings (SSSR count). The van der Waals surface area contributed by atoms with Gasteiger partial charge in [0, 0.05) is 28.4 Å². The summed E-state index contributed by atoms with van der Waals surface area (Å²) in [6.45, 7) is 0. The molecule has 0 radical (unpaired) electrons. The van der Waals surface area contributed by atoms with Gasteiger partial charge in [-0.1, -0.05) is 103 Å². The summed E-state index contributed by atoms with van der Waals surface area (Å²) in [7, 11) is 0. The zero-order valence-electron chi connectivity index (χ0n) is 27.6. The molecule has 4 N–H and O–H groups in total. The average molecular weight is 674 g/mol. The van der Waals surface area contributed by atoms with E-state index in [1.807, 2.05) is 91.0 Å². The van der Waals surface area contributed by atoms with Crippen LogP contribution in [0.15, 0.2) is 176 Å². The second-order valence-electron chi connectivity index (χ2n) is 12.3. The van der Waals surface area contributed by atoms with Crippen LogP contribution in [-0.2, 0) is 6.18 Å². The predicted molar refractivity (Wildman–Crippen MR) is 206 cm³/mol. The van der Waals surface area contributed by atoms with Crippen LogP contribution in [0.1, 0.15) is 22.3 Å². The van der Waals surface area contributed by atoms with Gasteiger partial charge in [-0.2, -0.15) is 13.2 Å². The van der Waals surface area contributed by atoms with E-state index in [2.05, 4.69) is 71.6 Å². The van der Waals surface area contributed by atoms with Crippen molar-refractivity contribution in [2.24, 2.45) is 0 Å². The minimum absolute atomic E-state index is 0.657. The van der Waals surface area contributed by atoms with Crippen LogP contribution in [0.3, 0.4) is 0 Å². The minimum Gasteiger partial charge on any atom is -0.399 e. The van der Waals surface area contributed by atoms with E-state index >= 15 is 0 Å². The van der Waals surface area contributed by atoms with Gasteiger partial charge in [-0.05, 0) is 123 Å². The number of alkyl halides is 3. The topological polar surface area (TPSA) is 55.3 Å². The summed E-state index contributed by atoms with van der Waals surface area (Å²) < 4.78 is 39.2. The number of anilines is 5. The van der Waals surface area contributed by atoms with Gasteiger partial charge in [0.15, 0.2) is 0 Å². The first-order valence-corrected chi connectivity index (χ1v) is 16.5. The van der Waals surface area contributed by atoms with Gasteiger partial charge in [0.1, 0.15) is 0 Å². The highest BCUT2D eigenvalue weighted by Crippen LogP contribution is 2.37. The molecule has 7 aromatic carbocycles. The molecular formula is C45H34F3N3. The molecule has 0 aliphatic rings. The highest BCUT2D eigenvalue weighted by atomic mass is 19.4. The first-order chi connectivity index (χ1) is 24.7. The quantitative estimate of drug-likeness (QED) is 0.125. The molecule has 0 saturated heterocycles. The summed E-state index contributed by atoms with van der Waals surface area (Å²) in [5.74, 6) is 0. The second kappa shape index (κ2) is 14.1. The van der Waals surface area contributed by atoms with Crippen molar-refractivity contribution in [3.8, 4) is 22.3 Å². The Kier molecular flexibility index (Phi) is 9.15. The van der Waals surface area contributed by atoms with Crippen molar-refractivity contribution in [1.29, 1.82) is 0 Å². The lowest BCUT2D eigenvalue weighted by Gasteiger charge is -2.26. The Hall–Kier alpha value is -6.53. The zero-order chi connectivity index (χ0) is 35.4. The molecule has 51 heavy (non-hydrogen) atoms. The first-order valence-electron chi connectivity index (χ1n) is 16.5. The molecule has 0 fully saturated rings. The number of nitrogen functional groups attached to an aromatic ring is 2. The van der Waals surface area contributed by atoms with Gasteiger partial charge in [0.2, 0.25) is 0 Å². The largest absolute Gasteiger partial charge is 0.416 e. The fourth-order valence-corrected chi connectivity index (χ4v) is 6.08. The van der Waals surface area contributed by atoms with Gasteiger partial charge in [-0.3, -0.25) is 0 Å². The number of rotatable bonds is 8. The molecule has 0 aromatic heterocycles. The molecule has 0 heterocycles. The number of benzene rings is 7. The van der Waals surface area contributed by atoms with E-state index in [9.17, 15) is 13.2 Å². The van der Waals surface area contributed by atoms with Crippen molar-refractivity contribution in [2.75, 3.05) is 16.4 Å². The predicted octanol–water partition coefficient (Wildman–Crippen LogP) is 12.3. The Labute approximate surface area is 295 Å². The lowest BCUT2D eigenvalue weighted by atomic mass is 9.93. The molecule has 0 unspecified atom stereocenters. The molecule has 0 atom stereocenters. The third kappa shape index (κ3) is 7.56. The molecule has 0 aliphatic carbocycles. The van der Waals surface area contributed by atoms with Crippen LogP contribution in [-0.4, -0.2) is 0 Å². The third-order valence-corrected chi connectivity index (χ3v) is 8.81. The molecule has 6 heteroatoms. The zero-order valence-corrected chi connectivity index (χ0v) is 27.6. The molecule has 0 bridgehead atoms. The van der Waals surface area contributed by atoms with Crippen LogP contribution in [0.5, 0.6) is 0 Å². The summed E-state index contributed by atoms with van der Waals surface area (Å²) in [5, 5.41) is 0. The Morgan fingerprint density at radius 1 is 0.431 bits per heavy atom. The van der Waals surface area contributed by atoms with Crippen molar-refractivity contribution in [1.82, 2.24) is 0 Å². The molecule has 0 aliphatic heterocycles. The van der Waals surface area contributed by atoms with Crippen LogP contribution in [0.25, 0.3) is 33.9 Å². The molecule has 0 saturated carbocycles. The van der Waals surface area contributed by atoms with Gasteiger partial charge < -0.3 is 16.4 Å². The number of hydrogen-bond acceptors (Lipinski definition) is 3. The number of nitrogens with zero attached hydrogens (tertiary/aromatic N) is 1. The van der Waals surface area contributed by atoms with E-state index in [0.717, 1.165) is 73.7 Å². The SMILES string of the molecule is Nc1ccc(N(c2ccc(N)cc2)c2ccc(-c3ccc(/C=C(\c4ccccc4)c4ccc(-c5ccc(C(F)(F)F)cc5)cc4)cc3)cc2)cc1. The van der Waals surface area contributed by atoms with Crippen LogP contribution < -0.4 is 16.4 Å². The first kappa shape index (κ1) is 33.0. The monoisotopic (exact) mass is 673 g/mol. The Morgan fingerprint density at radius 2 is 0.804 bits per heavy atom. The molecular weight excluding hydrogens is 640 g/mol. The normalized spacial score (nSPS) is 11.7. The van der Waals surface area contributed by atoms with Crippen molar-refractivity contribution < 1.29 is 13.2 Å². The Balaban J connectivity index is 1.15. The fourth-order valence-electron chi connectivity index (χ4n) is 6.08. The van der Waals surface area contributed by atoms with E-state index in [1.54, 1.807) is 0 Å². The summed E-state index contributed by atoms with van der Waals surface area (Å²) in [6, 6.07) is 55.8. The minimum atomic E-state index is -4.36. The molecule has 0 amide bonds. The summed E-state index contributed by atoms with van der Waals surface area (Å²) >= 11 is 0. The van der Waals surface area contributed by atoms with Crippen LogP contribution >= 0.6 is 0 Å². The van der Waals surface area contributed by atoms with Crippen molar-refractivity contribution in [3.63, 3.8) is 0 Å². The van der Waals surface area contributed by atoms with Gasteiger partial charge >= 0.3 is 6.18 Å². The van der Waals surface area contributed by atoms with Crippen LogP contribution in [0, 0.1) is 0 Å². The van der Waals surface area contributed by atoms with Crippen LogP contribution in [0.4, 0.5) is 41.6 Å². The molecule has 3 nitrogen and oxygen atoms in total. The standard InChI is InChI=1S/C45H34F3N3/c46-45(47,48)38-18-14-34(15-19-38)33-10-12-37(13-11-33)44(36-4-2-1-3-5-36)30-31-6-8-32(9-7-31)35-16-24-41(25-17-35)51(42-26-20-39(49)21-27-42)43-28-22-40(50)23-29-43/h1-30H,49-50H2/b44-30+. The average Bonchev–Trinajstić information content (AvgIpc) is 3.16. The van der Waals surface area contributed by atoms with Crippen LogP contribution in [0.2, 0.25) is 0 Å². The van der Waals surface area contributed by atoms with Gasteiger partial charge in [0.25, 0.3) is 0 Å². The van der Waals surface area contributed by atoms with Gasteiger partial charge in [-0.15, -0.1) is 0 Å². The highest BCUT2D eigenvalue weighted by molar-refractivity contribution is 5.92. The number of halogens is 3. The maximum atomic E-state index is 13.1. The van der Waals surface area contributed by atoms with Crippen molar-refractivity contribution >= 4 is 40.1 Å². The summed E-state index contributed by atoms with van der Waals surface area (Å²) in [5.41, 5.74) is 23.6. The van der Waals surface area contributed by atoms with E-state index in [0.29, 0.717) is 11.4 Å². The lowest BCUT2D eigenvalue weighted by molar-refractivity contribution is -0.137. The fraction of sp³-hybridized carbons (Fsp3) is 0.0222. The Morgan fingerprint density at radius 3 is 1.25 bits per heavy atom. The highest BCUT2D eigenvalue weighted by Gasteiger charge is 2.30.